The van der Waals surface area contributed by atoms with Crippen molar-refractivity contribution < 1.29 is 5.11 Å². The molecule has 0 aromatic carbocycles. The predicted molar refractivity (Wildman–Crippen MR) is 86.4 cm³/mol. The molecule has 2 unspecified atom stereocenters. The normalized spacial score (nSPS) is 14.3. The van der Waals surface area contributed by atoms with Crippen LogP contribution < -0.4 is 0 Å². The molecule has 0 bridgehead atoms. The molecular weight excluding hydrogens is 232 g/mol. The van der Waals surface area contributed by atoms with Gasteiger partial charge in [0, 0.05) is 5.92 Å². The molecule has 19 heavy (non-hydrogen) atoms. The average molecular weight is 268 g/mol. The van der Waals surface area contributed by atoms with E-state index in [0.29, 0.717) is 5.92 Å². The van der Waals surface area contributed by atoms with E-state index in [9.17, 15) is 5.11 Å². The molecule has 0 aliphatic carbocycles. The molecule has 1 N–H and O–H groups in total. The summed E-state index contributed by atoms with van der Waals surface area (Å²) in [7, 11) is 0. The summed E-state index contributed by atoms with van der Waals surface area (Å²) in [6, 6.07) is 0. The van der Waals surface area contributed by atoms with Gasteiger partial charge in [-0.3, -0.25) is 0 Å². The van der Waals surface area contributed by atoms with Crippen LogP contribution in [0.2, 0.25) is 0 Å². The van der Waals surface area contributed by atoms with E-state index >= 15 is 0 Å². The molecule has 2 atom stereocenters. The fourth-order valence-electron chi connectivity index (χ4n) is 2.77. The van der Waals surface area contributed by atoms with Gasteiger partial charge < -0.3 is 5.11 Å². The van der Waals surface area contributed by atoms with Crippen molar-refractivity contribution in [2.24, 2.45) is 5.92 Å². The van der Waals surface area contributed by atoms with Gasteiger partial charge in [-0.2, -0.15) is 0 Å². The zero-order valence-corrected chi connectivity index (χ0v) is 13.6. The summed E-state index contributed by atoms with van der Waals surface area (Å²) in [6.45, 7) is 10.8. The largest absolute Gasteiger partial charge is 0.393 e. The van der Waals surface area contributed by atoms with Crippen molar-refractivity contribution in [2.75, 3.05) is 0 Å². The van der Waals surface area contributed by atoms with E-state index in [1.165, 1.54) is 44.1 Å². The summed E-state index contributed by atoms with van der Waals surface area (Å²) in [6.07, 6.45) is 13.2. The van der Waals surface area contributed by atoms with Gasteiger partial charge in [-0.1, -0.05) is 77.9 Å². The van der Waals surface area contributed by atoms with Crippen LogP contribution in [0.15, 0.2) is 12.2 Å². The number of aliphatic hydroxyl groups excluding tert-OH is 1. The van der Waals surface area contributed by atoms with E-state index in [4.69, 9.17) is 0 Å². The van der Waals surface area contributed by atoms with E-state index in [-0.39, 0.29) is 6.10 Å². The van der Waals surface area contributed by atoms with Crippen molar-refractivity contribution in [3.63, 3.8) is 0 Å². The van der Waals surface area contributed by atoms with E-state index in [0.717, 1.165) is 32.1 Å². The van der Waals surface area contributed by atoms with E-state index < -0.39 is 0 Å². The highest BCUT2D eigenvalue weighted by Crippen LogP contribution is 2.25. The van der Waals surface area contributed by atoms with Gasteiger partial charge in [-0.25, -0.2) is 0 Å². The number of rotatable bonds is 13. The van der Waals surface area contributed by atoms with Crippen LogP contribution in [0.4, 0.5) is 0 Å². The molecule has 0 fully saturated rings. The van der Waals surface area contributed by atoms with E-state index in [1.807, 2.05) is 0 Å². The van der Waals surface area contributed by atoms with Crippen LogP contribution in [0.25, 0.3) is 0 Å². The number of hydrogen-bond acceptors (Lipinski definition) is 1. The van der Waals surface area contributed by atoms with Crippen LogP contribution in [-0.2, 0) is 0 Å². The molecular formula is C18H36O. The molecule has 0 amide bonds. The Morgan fingerprint density at radius 3 is 2.05 bits per heavy atom. The standard InChI is InChI=1S/C18H36O/c1-5-8-10-11-12-13-14-16(4)17(7-3)18(19)15-9-6-2/h17-19H,4-15H2,1-3H3. The zero-order chi connectivity index (χ0) is 14.5. The minimum absolute atomic E-state index is 0.169. The molecule has 0 saturated carbocycles. The Morgan fingerprint density at radius 1 is 0.895 bits per heavy atom. The van der Waals surface area contributed by atoms with Crippen LogP contribution in [0.5, 0.6) is 0 Å². The first-order chi connectivity index (χ1) is 9.17. The second-order valence-corrected chi connectivity index (χ2v) is 5.90. The van der Waals surface area contributed by atoms with Gasteiger partial charge in [-0.05, 0) is 25.7 Å². The molecule has 0 heterocycles. The molecule has 114 valence electrons. The summed E-state index contributed by atoms with van der Waals surface area (Å²) >= 11 is 0. The van der Waals surface area contributed by atoms with Gasteiger partial charge in [0.2, 0.25) is 0 Å². The second kappa shape index (κ2) is 12.7. The van der Waals surface area contributed by atoms with Crippen LogP contribution in [0.1, 0.15) is 91.4 Å². The minimum Gasteiger partial charge on any atom is -0.393 e. The number of unbranched alkanes of at least 4 members (excludes halogenated alkanes) is 6. The second-order valence-electron chi connectivity index (χ2n) is 5.90. The third-order valence-corrected chi connectivity index (χ3v) is 4.13. The van der Waals surface area contributed by atoms with Crippen LogP contribution in [0.3, 0.4) is 0 Å². The monoisotopic (exact) mass is 268 g/mol. The Hall–Kier alpha value is -0.300. The first kappa shape index (κ1) is 18.7. The first-order valence-corrected chi connectivity index (χ1v) is 8.53. The smallest absolute Gasteiger partial charge is 0.0605 e. The van der Waals surface area contributed by atoms with Gasteiger partial charge in [0.25, 0.3) is 0 Å². The van der Waals surface area contributed by atoms with Gasteiger partial charge in [-0.15, -0.1) is 0 Å². The molecule has 0 aromatic rings. The molecule has 0 aliphatic rings. The van der Waals surface area contributed by atoms with Crippen molar-refractivity contribution in [3.8, 4) is 0 Å². The lowest BCUT2D eigenvalue weighted by molar-refractivity contribution is 0.109. The van der Waals surface area contributed by atoms with E-state index in [1.54, 1.807) is 0 Å². The highest BCUT2D eigenvalue weighted by atomic mass is 16.3. The number of aliphatic hydroxyl groups is 1. The SMILES string of the molecule is C=C(CCCCCCCC)C(CC)C(O)CCCC. The van der Waals surface area contributed by atoms with Gasteiger partial charge >= 0.3 is 0 Å². The van der Waals surface area contributed by atoms with Crippen LogP contribution in [-0.4, -0.2) is 11.2 Å². The Labute approximate surface area is 121 Å². The van der Waals surface area contributed by atoms with E-state index in [2.05, 4.69) is 27.4 Å². The lowest BCUT2D eigenvalue weighted by atomic mass is 9.86. The molecule has 0 saturated heterocycles. The third-order valence-electron chi connectivity index (χ3n) is 4.13. The van der Waals surface area contributed by atoms with Crippen LogP contribution >= 0.6 is 0 Å². The van der Waals surface area contributed by atoms with Crippen molar-refractivity contribution in [1.82, 2.24) is 0 Å². The van der Waals surface area contributed by atoms with Crippen molar-refractivity contribution in [2.45, 2.75) is 97.5 Å². The predicted octanol–water partition coefficient (Wildman–Crippen LogP) is 5.87. The highest BCUT2D eigenvalue weighted by Gasteiger charge is 2.19. The molecule has 0 aromatic heterocycles. The Bertz CT molecular complexity index is 210. The molecule has 0 spiro atoms. The summed E-state index contributed by atoms with van der Waals surface area (Å²) in [5.74, 6) is 0.321. The van der Waals surface area contributed by atoms with Crippen molar-refractivity contribution in [1.29, 1.82) is 0 Å². The lowest BCUT2D eigenvalue weighted by Crippen LogP contribution is -2.21. The topological polar surface area (TPSA) is 20.2 Å². The number of hydrogen-bond donors (Lipinski definition) is 1. The molecule has 0 aliphatic heterocycles. The fourth-order valence-corrected chi connectivity index (χ4v) is 2.77. The molecule has 0 rings (SSSR count). The van der Waals surface area contributed by atoms with Gasteiger partial charge in [0.1, 0.15) is 0 Å². The van der Waals surface area contributed by atoms with Crippen LogP contribution in [0, 0.1) is 5.92 Å². The molecule has 1 heteroatoms. The maximum absolute atomic E-state index is 10.2. The maximum atomic E-state index is 10.2. The first-order valence-electron chi connectivity index (χ1n) is 8.53. The third kappa shape index (κ3) is 9.27. The molecule has 0 radical (unpaired) electrons. The zero-order valence-electron chi connectivity index (χ0n) is 13.6. The van der Waals surface area contributed by atoms with Gasteiger partial charge in [0.15, 0.2) is 0 Å². The van der Waals surface area contributed by atoms with Crippen molar-refractivity contribution >= 4 is 0 Å². The minimum atomic E-state index is -0.169. The average Bonchev–Trinajstić information content (AvgIpc) is 2.41. The lowest BCUT2D eigenvalue weighted by Gasteiger charge is -2.24. The fraction of sp³-hybridized carbons (Fsp3) is 0.889. The molecule has 1 nitrogen and oxygen atoms in total. The summed E-state index contributed by atoms with van der Waals surface area (Å²) in [4.78, 5) is 0. The summed E-state index contributed by atoms with van der Waals surface area (Å²) in [5, 5.41) is 10.2. The van der Waals surface area contributed by atoms with Gasteiger partial charge in [0.05, 0.1) is 6.10 Å². The highest BCUT2D eigenvalue weighted by molar-refractivity contribution is 5.02. The summed E-state index contributed by atoms with van der Waals surface area (Å²) < 4.78 is 0. The van der Waals surface area contributed by atoms with Crippen molar-refractivity contribution in [3.05, 3.63) is 12.2 Å². The Balaban J connectivity index is 3.81. The maximum Gasteiger partial charge on any atom is 0.0605 e. The Kier molecular flexibility index (Phi) is 12.5. The quantitative estimate of drug-likeness (QED) is 0.327. The summed E-state index contributed by atoms with van der Waals surface area (Å²) in [5.41, 5.74) is 1.28. The Morgan fingerprint density at radius 2 is 1.47 bits per heavy atom.